The molecule has 1 saturated heterocycles. The van der Waals surface area contributed by atoms with E-state index in [-0.39, 0.29) is 0 Å². The minimum atomic E-state index is 0.568. The van der Waals surface area contributed by atoms with Crippen molar-refractivity contribution in [3.8, 4) is 0 Å². The fourth-order valence-corrected chi connectivity index (χ4v) is 3.29. The van der Waals surface area contributed by atoms with E-state index in [0.717, 1.165) is 42.3 Å². The van der Waals surface area contributed by atoms with E-state index < -0.39 is 0 Å². The van der Waals surface area contributed by atoms with Gasteiger partial charge >= 0.3 is 0 Å². The van der Waals surface area contributed by atoms with Gasteiger partial charge in [-0.05, 0) is 20.0 Å². The Balaban J connectivity index is 1.97. The van der Waals surface area contributed by atoms with Gasteiger partial charge in [-0.15, -0.1) is 11.3 Å². The van der Waals surface area contributed by atoms with Crippen LogP contribution in [0.3, 0.4) is 0 Å². The Kier molecular flexibility index (Phi) is 3.13. The lowest BCUT2D eigenvalue weighted by Gasteiger charge is -2.32. The van der Waals surface area contributed by atoms with Crippen molar-refractivity contribution in [2.45, 2.75) is 6.92 Å². The van der Waals surface area contributed by atoms with Crippen LogP contribution in [-0.4, -0.2) is 48.1 Å². The standard InChI is InChI=1S/C12H15ClN4S/c1-8-7-9-10(13)14-12(15-11(9)18-8)17-5-3-16(2)4-6-17/h7H,3-6H2,1-2H3. The third kappa shape index (κ3) is 2.18. The highest BCUT2D eigenvalue weighted by molar-refractivity contribution is 7.18. The zero-order valence-electron chi connectivity index (χ0n) is 10.5. The van der Waals surface area contributed by atoms with Crippen molar-refractivity contribution in [2.24, 2.45) is 0 Å². The summed E-state index contributed by atoms with van der Waals surface area (Å²) in [5, 5.41) is 1.54. The highest BCUT2D eigenvalue weighted by Crippen LogP contribution is 2.30. The molecular weight excluding hydrogens is 268 g/mol. The summed E-state index contributed by atoms with van der Waals surface area (Å²) in [4.78, 5) is 15.8. The lowest BCUT2D eigenvalue weighted by Crippen LogP contribution is -2.45. The van der Waals surface area contributed by atoms with Crippen molar-refractivity contribution in [3.05, 3.63) is 16.1 Å². The Morgan fingerprint density at radius 3 is 2.67 bits per heavy atom. The molecule has 0 radical (unpaired) electrons. The van der Waals surface area contributed by atoms with E-state index in [1.807, 2.05) is 0 Å². The summed E-state index contributed by atoms with van der Waals surface area (Å²) in [7, 11) is 2.14. The van der Waals surface area contributed by atoms with Gasteiger partial charge in [-0.2, -0.15) is 0 Å². The largest absolute Gasteiger partial charge is 0.338 e. The second kappa shape index (κ2) is 4.64. The molecule has 3 heterocycles. The van der Waals surface area contributed by atoms with Crippen molar-refractivity contribution in [1.29, 1.82) is 0 Å². The molecule has 96 valence electrons. The van der Waals surface area contributed by atoms with Crippen LogP contribution in [0, 0.1) is 6.92 Å². The number of anilines is 1. The Morgan fingerprint density at radius 1 is 1.22 bits per heavy atom. The minimum absolute atomic E-state index is 0.568. The van der Waals surface area contributed by atoms with Crippen LogP contribution in [0.2, 0.25) is 5.15 Å². The molecule has 18 heavy (non-hydrogen) atoms. The molecule has 1 aliphatic rings. The third-order valence-corrected chi connectivity index (χ3v) is 4.48. The van der Waals surface area contributed by atoms with E-state index in [4.69, 9.17) is 11.6 Å². The number of rotatable bonds is 1. The fraction of sp³-hybridized carbons (Fsp3) is 0.500. The Labute approximate surface area is 115 Å². The Bertz CT molecular complexity index is 575. The summed E-state index contributed by atoms with van der Waals surface area (Å²) in [6.45, 7) is 6.08. The second-order valence-electron chi connectivity index (χ2n) is 4.68. The van der Waals surface area contributed by atoms with E-state index in [0.29, 0.717) is 5.15 Å². The molecule has 0 atom stereocenters. The predicted octanol–water partition coefficient (Wildman–Crippen LogP) is 2.40. The quantitative estimate of drug-likeness (QED) is 0.752. The summed E-state index contributed by atoms with van der Waals surface area (Å²) in [5.41, 5.74) is 0. The maximum atomic E-state index is 6.24. The molecule has 3 rings (SSSR count). The van der Waals surface area contributed by atoms with Crippen LogP contribution < -0.4 is 4.90 Å². The molecule has 0 spiro atoms. The van der Waals surface area contributed by atoms with Gasteiger partial charge in [-0.3, -0.25) is 0 Å². The first kappa shape index (κ1) is 12.1. The predicted molar refractivity (Wildman–Crippen MR) is 76.9 cm³/mol. The van der Waals surface area contributed by atoms with Gasteiger partial charge in [0.05, 0.1) is 0 Å². The monoisotopic (exact) mass is 282 g/mol. The topological polar surface area (TPSA) is 32.3 Å². The molecule has 0 N–H and O–H groups in total. The summed E-state index contributed by atoms with van der Waals surface area (Å²) < 4.78 is 0. The number of halogens is 1. The van der Waals surface area contributed by atoms with E-state index in [9.17, 15) is 0 Å². The van der Waals surface area contributed by atoms with Crippen LogP contribution >= 0.6 is 22.9 Å². The molecule has 0 saturated carbocycles. The smallest absolute Gasteiger partial charge is 0.228 e. The number of aryl methyl sites for hydroxylation is 1. The van der Waals surface area contributed by atoms with Crippen molar-refractivity contribution in [3.63, 3.8) is 0 Å². The van der Waals surface area contributed by atoms with Gasteiger partial charge in [0, 0.05) is 36.4 Å². The number of likely N-dealkylation sites (N-methyl/N-ethyl adjacent to an activating group) is 1. The van der Waals surface area contributed by atoms with E-state index in [1.54, 1.807) is 11.3 Å². The summed E-state index contributed by atoms with van der Waals surface area (Å²) in [6.07, 6.45) is 0. The highest BCUT2D eigenvalue weighted by Gasteiger charge is 2.18. The first-order valence-corrected chi connectivity index (χ1v) is 7.20. The summed E-state index contributed by atoms with van der Waals surface area (Å²) >= 11 is 7.91. The lowest BCUT2D eigenvalue weighted by molar-refractivity contribution is 0.311. The summed E-state index contributed by atoms with van der Waals surface area (Å²) in [6, 6.07) is 2.05. The Morgan fingerprint density at radius 2 is 1.94 bits per heavy atom. The molecule has 0 unspecified atom stereocenters. The van der Waals surface area contributed by atoms with Crippen molar-refractivity contribution in [2.75, 3.05) is 38.1 Å². The lowest BCUT2D eigenvalue weighted by atomic mass is 10.3. The van der Waals surface area contributed by atoms with Gasteiger partial charge in [0.15, 0.2) is 0 Å². The van der Waals surface area contributed by atoms with Crippen LogP contribution in [-0.2, 0) is 0 Å². The minimum Gasteiger partial charge on any atom is -0.338 e. The van der Waals surface area contributed by atoms with E-state index in [2.05, 4.69) is 39.8 Å². The van der Waals surface area contributed by atoms with Gasteiger partial charge in [-0.25, -0.2) is 9.97 Å². The number of fused-ring (bicyclic) bond motifs is 1. The van der Waals surface area contributed by atoms with Crippen molar-refractivity contribution >= 4 is 39.1 Å². The van der Waals surface area contributed by atoms with Gasteiger partial charge in [0.1, 0.15) is 9.98 Å². The number of aromatic nitrogens is 2. The van der Waals surface area contributed by atoms with E-state index >= 15 is 0 Å². The third-order valence-electron chi connectivity index (χ3n) is 3.24. The molecule has 1 aliphatic heterocycles. The summed E-state index contributed by atoms with van der Waals surface area (Å²) in [5.74, 6) is 0.766. The normalized spacial score (nSPS) is 17.6. The SMILES string of the molecule is Cc1cc2c(Cl)nc(N3CCN(C)CC3)nc2s1. The molecule has 0 aromatic carbocycles. The number of piperazine rings is 1. The zero-order valence-corrected chi connectivity index (χ0v) is 12.1. The van der Waals surface area contributed by atoms with Crippen LogP contribution in [0.5, 0.6) is 0 Å². The first-order valence-electron chi connectivity index (χ1n) is 6.00. The molecule has 0 amide bonds. The number of hydrogen-bond acceptors (Lipinski definition) is 5. The van der Waals surface area contributed by atoms with Crippen molar-refractivity contribution < 1.29 is 0 Å². The molecule has 4 nitrogen and oxygen atoms in total. The van der Waals surface area contributed by atoms with Crippen molar-refractivity contribution in [1.82, 2.24) is 14.9 Å². The number of hydrogen-bond donors (Lipinski definition) is 0. The number of thiophene rings is 1. The van der Waals surface area contributed by atoms with Crippen LogP contribution in [0.1, 0.15) is 4.88 Å². The molecule has 0 aliphatic carbocycles. The maximum Gasteiger partial charge on any atom is 0.228 e. The van der Waals surface area contributed by atoms with Gasteiger partial charge in [0.25, 0.3) is 0 Å². The molecule has 2 aromatic rings. The van der Waals surface area contributed by atoms with E-state index in [1.165, 1.54) is 4.88 Å². The highest BCUT2D eigenvalue weighted by atomic mass is 35.5. The maximum absolute atomic E-state index is 6.24. The first-order chi connectivity index (χ1) is 8.63. The average molecular weight is 283 g/mol. The number of nitrogens with zero attached hydrogens (tertiary/aromatic N) is 4. The molecule has 6 heteroatoms. The van der Waals surface area contributed by atoms with Gasteiger partial charge < -0.3 is 9.80 Å². The second-order valence-corrected chi connectivity index (χ2v) is 6.27. The van der Waals surface area contributed by atoms with Crippen LogP contribution in [0.15, 0.2) is 6.07 Å². The van der Waals surface area contributed by atoms with Crippen LogP contribution in [0.4, 0.5) is 5.95 Å². The molecule has 1 fully saturated rings. The molecule has 0 bridgehead atoms. The fourth-order valence-electron chi connectivity index (χ4n) is 2.14. The molecular formula is C12H15ClN4S. The Hall–Kier alpha value is -0.910. The molecule has 2 aromatic heterocycles. The van der Waals surface area contributed by atoms with Gasteiger partial charge in [-0.1, -0.05) is 11.6 Å². The van der Waals surface area contributed by atoms with Gasteiger partial charge in [0.2, 0.25) is 5.95 Å². The average Bonchev–Trinajstić information content (AvgIpc) is 2.71. The zero-order chi connectivity index (χ0) is 12.7. The van der Waals surface area contributed by atoms with Crippen LogP contribution in [0.25, 0.3) is 10.2 Å².